The summed E-state index contributed by atoms with van der Waals surface area (Å²) in [5.74, 6) is -0.421. The molecule has 0 spiro atoms. The lowest BCUT2D eigenvalue weighted by atomic mass is 9.94. The Kier molecular flexibility index (Phi) is 6.92. The number of hydrogen-bond acceptors (Lipinski definition) is 5. The summed E-state index contributed by atoms with van der Waals surface area (Å²) in [5.41, 5.74) is 2.70. The summed E-state index contributed by atoms with van der Waals surface area (Å²) in [6.45, 7) is 8.15. The summed E-state index contributed by atoms with van der Waals surface area (Å²) in [6.07, 6.45) is 0.00791. The van der Waals surface area contributed by atoms with Gasteiger partial charge in [0.05, 0.1) is 24.3 Å². The van der Waals surface area contributed by atoms with Crippen LogP contribution in [0.5, 0.6) is 11.5 Å². The molecule has 1 heterocycles. The number of ether oxygens (including phenoxy) is 2. The zero-order valence-corrected chi connectivity index (χ0v) is 20.3. The van der Waals surface area contributed by atoms with Crippen LogP contribution in [0.25, 0.3) is 5.76 Å². The van der Waals surface area contributed by atoms with Gasteiger partial charge in [0.2, 0.25) is 0 Å². The van der Waals surface area contributed by atoms with Gasteiger partial charge in [-0.25, -0.2) is 0 Å². The van der Waals surface area contributed by atoms with Gasteiger partial charge in [-0.05, 0) is 69.7 Å². The highest BCUT2D eigenvalue weighted by Gasteiger charge is 2.47. The second kappa shape index (κ2) is 10.1. The number of rotatable bonds is 7. The maximum atomic E-state index is 13.3. The Balaban J connectivity index is 1.86. The standard InChI is InChI=1S/C29H29NO5/c1-5-34-24-11-7-10-22(17-24)30-26(21-9-6-8-19(4)16-21)25(28(32)29(30)33)27(31)20-12-14-23(15-13-20)35-18(2)3/h6-18,26,31H,5H2,1-4H3/b27-25+. The van der Waals surface area contributed by atoms with Gasteiger partial charge in [0, 0.05) is 17.3 Å². The first-order valence-electron chi connectivity index (χ1n) is 11.7. The molecule has 1 aliphatic heterocycles. The Morgan fingerprint density at radius 2 is 1.69 bits per heavy atom. The number of ketones is 1. The summed E-state index contributed by atoms with van der Waals surface area (Å²) in [6, 6.07) is 20.7. The lowest BCUT2D eigenvalue weighted by Crippen LogP contribution is -2.29. The molecule has 3 aromatic carbocycles. The van der Waals surface area contributed by atoms with Gasteiger partial charge in [0.25, 0.3) is 11.7 Å². The molecule has 0 aromatic heterocycles. The molecule has 6 heteroatoms. The van der Waals surface area contributed by atoms with Crippen LogP contribution in [-0.4, -0.2) is 29.5 Å². The monoisotopic (exact) mass is 471 g/mol. The molecule has 35 heavy (non-hydrogen) atoms. The first-order valence-corrected chi connectivity index (χ1v) is 11.7. The fourth-order valence-electron chi connectivity index (χ4n) is 4.26. The summed E-state index contributed by atoms with van der Waals surface area (Å²) in [5, 5.41) is 11.3. The van der Waals surface area contributed by atoms with Crippen LogP contribution in [0, 0.1) is 6.92 Å². The normalized spacial score (nSPS) is 17.2. The van der Waals surface area contributed by atoms with Crippen LogP contribution in [0.2, 0.25) is 0 Å². The van der Waals surface area contributed by atoms with E-state index in [0.29, 0.717) is 29.4 Å². The number of aryl methyl sites for hydroxylation is 1. The van der Waals surface area contributed by atoms with E-state index in [4.69, 9.17) is 9.47 Å². The molecule has 4 rings (SSSR count). The third-order valence-electron chi connectivity index (χ3n) is 5.71. The van der Waals surface area contributed by atoms with Crippen molar-refractivity contribution in [2.75, 3.05) is 11.5 Å². The predicted octanol–water partition coefficient (Wildman–Crippen LogP) is 5.81. The quantitative estimate of drug-likeness (QED) is 0.267. The van der Waals surface area contributed by atoms with Crippen LogP contribution < -0.4 is 14.4 Å². The van der Waals surface area contributed by atoms with Gasteiger partial charge in [-0.3, -0.25) is 14.5 Å². The van der Waals surface area contributed by atoms with E-state index < -0.39 is 17.7 Å². The van der Waals surface area contributed by atoms with Crippen LogP contribution in [0.3, 0.4) is 0 Å². The minimum atomic E-state index is -0.793. The number of aliphatic hydroxyl groups excluding tert-OH is 1. The number of carbonyl (C=O) groups excluding carboxylic acids is 2. The Labute approximate surface area is 205 Å². The molecule has 1 fully saturated rings. The molecule has 0 aliphatic carbocycles. The Hall–Kier alpha value is -4.06. The second-order valence-electron chi connectivity index (χ2n) is 8.70. The molecule has 1 unspecified atom stereocenters. The van der Waals surface area contributed by atoms with Crippen LogP contribution in [0.1, 0.15) is 43.5 Å². The van der Waals surface area contributed by atoms with Crippen molar-refractivity contribution in [2.24, 2.45) is 0 Å². The molecular formula is C29H29NO5. The third kappa shape index (κ3) is 4.92. The molecule has 0 saturated carbocycles. The summed E-state index contributed by atoms with van der Waals surface area (Å²) < 4.78 is 11.3. The molecule has 180 valence electrons. The van der Waals surface area contributed by atoms with Gasteiger partial charge < -0.3 is 14.6 Å². The molecule has 6 nitrogen and oxygen atoms in total. The van der Waals surface area contributed by atoms with Gasteiger partial charge >= 0.3 is 0 Å². The zero-order valence-electron chi connectivity index (χ0n) is 20.3. The van der Waals surface area contributed by atoms with E-state index >= 15 is 0 Å². The van der Waals surface area contributed by atoms with E-state index in [1.54, 1.807) is 48.5 Å². The summed E-state index contributed by atoms with van der Waals surface area (Å²) >= 11 is 0. The van der Waals surface area contributed by atoms with Crippen LogP contribution >= 0.6 is 0 Å². The number of nitrogens with zero attached hydrogens (tertiary/aromatic N) is 1. The van der Waals surface area contributed by atoms with Crippen molar-refractivity contribution in [3.8, 4) is 11.5 Å². The van der Waals surface area contributed by atoms with Crippen molar-refractivity contribution >= 4 is 23.1 Å². The Morgan fingerprint density at radius 1 is 0.971 bits per heavy atom. The molecule has 1 N–H and O–H groups in total. The minimum Gasteiger partial charge on any atom is -0.507 e. The van der Waals surface area contributed by atoms with Crippen LogP contribution in [-0.2, 0) is 9.59 Å². The second-order valence-corrected chi connectivity index (χ2v) is 8.70. The number of aliphatic hydroxyl groups is 1. The smallest absolute Gasteiger partial charge is 0.300 e. The van der Waals surface area contributed by atoms with Crippen LogP contribution in [0.4, 0.5) is 5.69 Å². The zero-order chi connectivity index (χ0) is 25.1. The molecule has 1 amide bonds. The van der Waals surface area contributed by atoms with Crippen molar-refractivity contribution < 1.29 is 24.2 Å². The van der Waals surface area contributed by atoms with E-state index in [1.165, 1.54) is 4.90 Å². The minimum absolute atomic E-state index is 0.00791. The molecular weight excluding hydrogens is 442 g/mol. The van der Waals surface area contributed by atoms with Crippen molar-refractivity contribution in [2.45, 2.75) is 39.8 Å². The predicted molar refractivity (Wildman–Crippen MR) is 136 cm³/mol. The van der Waals surface area contributed by atoms with Crippen molar-refractivity contribution in [3.05, 3.63) is 95.1 Å². The van der Waals surface area contributed by atoms with E-state index in [-0.39, 0.29) is 17.4 Å². The van der Waals surface area contributed by atoms with Gasteiger partial charge in [-0.1, -0.05) is 35.9 Å². The highest BCUT2D eigenvalue weighted by atomic mass is 16.5. The Morgan fingerprint density at radius 3 is 2.34 bits per heavy atom. The number of Topliss-reactive ketones (excluding diaryl/α,β-unsaturated/α-hetero) is 1. The molecule has 1 atom stereocenters. The maximum absolute atomic E-state index is 13.3. The van der Waals surface area contributed by atoms with E-state index in [1.807, 2.05) is 52.0 Å². The summed E-state index contributed by atoms with van der Waals surface area (Å²) in [4.78, 5) is 28.1. The number of benzene rings is 3. The van der Waals surface area contributed by atoms with E-state index in [0.717, 1.165) is 11.1 Å². The molecule has 1 aliphatic rings. The first kappa shape index (κ1) is 24.1. The van der Waals surface area contributed by atoms with Gasteiger partial charge in [0.1, 0.15) is 17.3 Å². The highest BCUT2D eigenvalue weighted by Crippen LogP contribution is 2.43. The molecule has 1 saturated heterocycles. The Bertz CT molecular complexity index is 1280. The average Bonchev–Trinajstić information content (AvgIpc) is 3.10. The average molecular weight is 472 g/mol. The number of amides is 1. The van der Waals surface area contributed by atoms with E-state index in [2.05, 4.69) is 0 Å². The lowest BCUT2D eigenvalue weighted by Gasteiger charge is -2.26. The highest BCUT2D eigenvalue weighted by molar-refractivity contribution is 6.51. The topological polar surface area (TPSA) is 76.1 Å². The van der Waals surface area contributed by atoms with Gasteiger partial charge in [-0.2, -0.15) is 0 Å². The van der Waals surface area contributed by atoms with E-state index in [9.17, 15) is 14.7 Å². The van der Waals surface area contributed by atoms with Crippen molar-refractivity contribution in [1.82, 2.24) is 0 Å². The van der Waals surface area contributed by atoms with Crippen LogP contribution in [0.15, 0.2) is 78.4 Å². The largest absolute Gasteiger partial charge is 0.507 e. The first-order chi connectivity index (χ1) is 16.8. The number of anilines is 1. The SMILES string of the molecule is CCOc1cccc(N2C(=O)C(=O)/C(=C(/O)c3ccc(OC(C)C)cc3)C2c2cccc(C)c2)c1. The fourth-order valence-corrected chi connectivity index (χ4v) is 4.26. The molecule has 0 bridgehead atoms. The summed E-state index contributed by atoms with van der Waals surface area (Å²) in [7, 11) is 0. The maximum Gasteiger partial charge on any atom is 0.300 e. The number of hydrogen-bond donors (Lipinski definition) is 1. The van der Waals surface area contributed by atoms with Gasteiger partial charge in [-0.15, -0.1) is 0 Å². The van der Waals surface area contributed by atoms with Gasteiger partial charge in [0.15, 0.2) is 0 Å². The van der Waals surface area contributed by atoms with Crippen molar-refractivity contribution in [1.29, 1.82) is 0 Å². The van der Waals surface area contributed by atoms with Crippen molar-refractivity contribution in [3.63, 3.8) is 0 Å². The lowest BCUT2D eigenvalue weighted by molar-refractivity contribution is -0.132. The molecule has 3 aromatic rings. The third-order valence-corrected chi connectivity index (χ3v) is 5.71. The number of carbonyl (C=O) groups is 2. The molecule has 0 radical (unpaired) electrons. The fraction of sp³-hybridized carbons (Fsp3) is 0.241.